The van der Waals surface area contributed by atoms with Crippen LogP contribution in [0.25, 0.3) is 22.6 Å². The summed E-state index contributed by atoms with van der Waals surface area (Å²) < 4.78 is 12.6. The van der Waals surface area contributed by atoms with Crippen molar-refractivity contribution in [2.45, 2.75) is 97.7 Å². The molecule has 7 rings (SSSR count). The van der Waals surface area contributed by atoms with Crippen molar-refractivity contribution >= 4 is 11.1 Å². The summed E-state index contributed by atoms with van der Waals surface area (Å²) in [5, 5.41) is 10.4. The lowest BCUT2D eigenvalue weighted by Gasteiger charge is -2.58. The van der Waals surface area contributed by atoms with Crippen LogP contribution in [0.15, 0.2) is 57.3 Å². The highest BCUT2D eigenvalue weighted by molar-refractivity contribution is 5.76. The Bertz CT molecular complexity index is 1510. The van der Waals surface area contributed by atoms with Crippen molar-refractivity contribution in [1.29, 1.82) is 0 Å². The number of hydrogen-bond donors (Lipinski definition) is 1. The van der Waals surface area contributed by atoms with Gasteiger partial charge in [0.25, 0.3) is 0 Å². The molecule has 6 aliphatic rings. The number of fused-ring (bicyclic) bond motifs is 7. The lowest BCUT2D eigenvalue weighted by atomic mass is 9.47. The van der Waals surface area contributed by atoms with E-state index in [1.165, 1.54) is 32.1 Å². The molecule has 41 heavy (non-hydrogen) atoms. The van der Waals surface area contributed by atoms with Crippen molar-refractivity contribution in [2.75, 3.05) is 0 Å². The van der Waals surface area contributed by atoms with Crippen LogP contribution in [0, 0.1) is 40.4 Å². The number of ether oxygens (including phenoxy) is 1. The first kappa shape index (κ1) is 27.2. The molecule has 0 amide bonds. The molecule has 1 aromatic rings. The van der Waals surface area contributed by atoms with Crippen LogP contribution in [0.3, 0.4) is 0 Å². The Morgan fingerprint density at radius 2 is 1.90 bits per heavy atom. The van der Waals surface area contributed by atoms with Gasteiger partial charge in [0.05, 0.1) is 6.10 Å². The SMILES string of the molecule is CCC(Oc1ccc2oc3ccccc3nc-2c1=O)C(C)C1CCC2C3CC=C4CC(O)CCC4(C)C3CCC12C. The van der Waals surface area contributed by atoms with Gasteiger partial charge < -0.3 is 14.3 Å². The van der Waals surface area contributed by atoms with Crippen molar-refractivity contribution in [2.24, 2.45) is 40.4 Å². The first-order valence-corrected chi connectivity index (χ1v) is 16.1. The van der Waals surface area contributed by atoms with E-state index >= 15 is 0 Å². The first-order valence-electron chi connectivity index (χ1n) is 16.1. The Balaban J connectivity index is 1.13. The van der Waals surface area contributed by atoms with Gasteiger partial charge >= 0.3 is 0 Å². The predicted octanol–water partition coefficient (Wildman–Crippen LogP) is 8.03. The topological polar surface area (TPSA) is 72.6 Å². The molecule has 1 heterocycles. The summed E-state index contributed by atoms with van der Waals surface area (Å²) >= 11 is 0. The van der Waals surface area contributed by atoms with Gasteiger partial charge in [-0.15, -0.1) is 0 Å². The Kier molecular flexibility index (Phi) is 6.61. The van der Waals surface area contributed by atoms with E-state index in [1.807, 2.05) is 30.3 Å². The quantitative estimate of drug-likeness (QED) is 0.255. The van der Waals surface area contributed by atoms with Crippen molar-refractivity contribution in [1.82, 2.24) is 4.98 Å². The number of benzene rings is 2. The molecule has 1 aromatic carbocycles. The molecule has 0 aromatic heterocycles. The number of nitrogens with zero attached hydrogens (tertiary/aromatic N) is 1. The highest BCUT2D eigenvalue weighted by atomic mass is 16.5. The van der Waals surface area contributed by atoms with Crippen LogP contribution in [0.2, 0.25) is 0 Å². The van der Waals surface area contributed by atoms with E-state index in [0.717, 1.165) is 43.4 Å². The van der Waals surface area contributed by atoms with Gasteiger partial charge in [0.15, 0.2) is 22.8 Å². The van der Waals surface area contributed by atoms with E-state index in [-0.39, 0.29) is 23.1 Å². The number of para-hydroxylation sites is 2. The van der Waals surface area contributed by atoms with E-state index in [2.05, 4.69) is 38.8 Å². The fourth-order valence-corrected chi connectivity index (χ4v) is 10.2. The molecule has 1 aliphatic heterocycles. The second-order valence-corrected chi connectivity index (χ2v) is 14.2. The molecule has 218 valence electrons. The highest BCUT2D eigenvalue weighted by Crippen LogP contribution is 2.67. The minimum absolute atomic E-state index is 0.0222. The van der Waals surface area contributed by atoms with Crippen LogP contribution in [-0.4, -0.2) is 22.3 Å². The van der Waals surface area contributed by atoms with E-state index in [9.17, 15) is 9.90 Å². The molecule has 3 saturated carbocycles. The fraction of sp³-hybridized carbons (Fsp3) is 0.611. The van der Waals surface area contributed by atoms with E-state index < -0.39 is 0 Å². The van der Waals surface area contributed by atoms with Gasteiger partial charge in [0.2, 0.25) is 5.43 Å². The van der Waals surface area contributed by atoms with Crippen molar-refractivity contribution in [3.8, 4) is 17.2 Å². The number of aliphatic hydroxyl groups excluding tert-OH is 1. The number of aliphatic hydroxyl groups is 1. The lowest BCUT2D eigenvalue weighted by molar-refractivity contribution is -0.0654. The van der Waals surface area contributed by atoms with Gasteiger partial charge in [0.1, 0.15) is 11.6 Å². The standard InChI is InChI=1S/C36H45NO4/c1-5-29(40-32-15-14-31-33(34(32)39)37-28-8-6-7-9-30(28)41-31)21(2)25-12-13-26-24-11-10-22-20-23(38)16-18-35(22,3)27(24)17-19-36(25,26)4/h6-10,14-15,21,23-27,29,38H,5,11-13,16-20H2,1-4H3. The number of rotatable bonds is 5. The van der Waals surface area contributed by atoms with E-state index in [0.29, 0.717) is 45.6 Å². The zero-order chi connectivity index (χ0) is 28.5. The van der Waals surface area contributed by atoms with Crippen LogP contribution in [0.1, 0.15) is 85.5 Å². The van der Waals surface area contributed by atoms with Gasteiger partial charge in [-0.05, 0) is 122 Å². The minimum Gasteiger partial charge on any atom is -0.486 e. The van der Waals surface area contributed by atoms with Crippen molar-refractivity contribution < 1.29 is 14.3 Å². The third kappa shape index (κ3) is 4.20. The second kappa shape index (κ2) is 9.97. The van der Waals surface area contributed by atoms with Gasteiger partial charge in [-0.2, -0.15) is 0 Å². The van der Waals surface area contributed by atoms with Gasteiger partial charge in [0, 0.05) is 0 Å². The smallest absolute Gasteiger partial charge is 0.249 e. The summed E-state index contributed by atoms with van der Waals surface area (Å²) in [4.78, 5) is 18.1. The summed E-state index contributed by atoms with van der Waals surface area (Å²) in [6.45, 7) is 9.64. The van der Waals surface area contributed by atoms with Gasteiger partial charge in [-0.1, -0.05) is 51.5 Å². The molecule has 9 atom stereocenters. The maximum absolute atomic E-state index is 13.5. The summed E-state index contributed by atoms with van der Waals surface area (Å²) in [6.07, 6.45) is 12.5. The number of hydrogen-bond acceptors (Lipinski definition) is 5. The summed E-state index contributed by atoms with van der Waals surface area (Å²) in [5.74, 6) is 4.04. The molecule has 5 aliphatic carbocycles. The summed E-state index contributed by atoms with van der Waals surface area (Å²) in [6, 6.07) is 11.2. The fourth-order valence-electron chi connectivity index (χ4n) is 10.2. The molecule has 5 nitrogen and oxygen atoms in total. The molecule has 3 fully saturated rings. The van der Waals surface area contributed by atoms with Gasteiger partial charge in [-0.25, -0.2) is 4.98 Å². The van der Waals surface area contributed by atoms with Crippen LogP contribution >= 0.6 is 0 Å². The second-order valence-electron chi connectivity index (χ2n) is 14.2. The molecular weight excluding hydrogens is 510 g/mol. The number of aromatic nitrogens is 1. The average Bonchev–Trinajstić information content (AvgIpc) is 3.33. The maximum atomic E-state index is 13.5. The van der Waals surface area contributed by atoms with Crippen LogP contribution < -0.4 is 10.2 Å². The van der Waals surface area contributed by atoms with E-state index in [4.69, 9.17) is 9.15 Å². The largest absolute Gasteiger partial charge is 0.486 e. The Morgan fingerprint density at radius 1 is 1.07 bits per heavy atom. The van der Waals surface area contributed by atoms with Crippen molar-refractivity contribution in [3.05, 3.63) is 58.3 Å². The Morgan fingerprint density at radius 3 is 2.73 bits per heavy atom. The molecule has 0 radical (unpaired) electrons. The molecule has 0 bridgehead atoms. The molecule has 0 saturated heterocycles. The average molecular weight is 556 g/mol. The lowest BCUT2D eigenvalue weighted by Crippen LogP contribution is -2.51. The van der Waals surface area contributed by atoms with Crippen LogP contribution in [-0.2, 0) is 0 Å². The van der Waals surface area contributed by atoms with Gasteiger partial charge in [-0.3, -0.25) is 4.79 Å². The predicted molar refractivity (Wildman–Crippen MR) is 162 cm³/mol. The molecular formula is C36H45NO4. The zero-order valence-corrected chi connectivity index (χ0v) is 25.1. The monoisotopic (exact) mass is 555 g/mol. The van der Waals surface area contributed by atoms with Crippen LogP contribution in [0.4, 0.5) is 0 Å². The molecule has 1 N–H and O–H groups in total. The maximum Gasteiger partial charge on any atom is 0.249 e. The first-order chi connectivity index (χ1) is 19.7. The van der Waals surface area contributed by atoms with E-state index in [1.54, 1.807) is 11.6 Å². The minimum atomic E-state index is -0.186. The third-order valence-corrected chi connectivity index (χ3v) is 12.4. The van der Waals surface area contributed by atoms with Crippen LogP contribution in [0.5, 0.6) is 5.75 Å². The normalized spacial score (nSPS) is 36.2. The Labute approximate surface area is 243 Å². The highest BCUT2D eigenvalue weighted by Gasteiger charge is 2.59. The summed E-state index contributed by atoms with van der Waals surface area (Å²) in [7, 11) is 0. The molecule has 5 heteroatoms. The third-order valence-electron chi connectivity index (χ3n) is 12.4. The number of allylic oxidation sites excluding steroid dienone is 1. The molecule has 0 spiro atoms. The Hall–Kier alpha value is -2.66. The molecule has 9 unspecified atom stereocenters. The van der Waals surface area contributed by atoms with Crippen molar-refractivity contribution in [3.63, 3.8) is 0 Å². The zero-order valence-electron chi connectivity index (χ0n) is 25.1. The summed E-state index contributed by atoms with van der Waals surface area (Å²) in [5.41, 5.74) is 3.62.